The lowest BCUT2D eigenvalue weighted by Crippen LogP contribution is -2.33. The molecular weight excluding hydrogens is 344 g/mol. The van der Waals surface area contributed by atoms with Crippen LogP contribution in [-0.2, 0) is 26.7 Å². The summed E-state index contributed by atoms with van der Waals surface area (Å²) in [4.78, 5) is 27.8. The first-order chi connectivity index (χ1) is 10.7. The van der Waals surface area contributed by atoms with Gasteiger partial charge in [0.05, 0.1) is 11.8 Å². The van der Waals surface area contributed by atoms with Crippen molar-refractivity contribution < 1.29 is 23.1 Å². The van der Waals surface area contributed by atoms with E-state index in [4.69, 9.17) is 5.14 Å². The quantitative estimate of drug-likeness (QED) is 0.668. The number of nitrogens with two attached hydrogens (primary N) is 1. The highest BCUT2D eigenvalue weighted by molar-refractivity contribution is 7.91. The summed E-state index contributed by atoms with van der Waals surface area (Å²) in [6.07, 6.45) is 4.31. The Morgan fingerprint density at radius 2 is 2.00 bits per heavy atom. The number of carboxylic acids is 1. The van der Waals surface area contributed by atoms with Crippen LogP contribution in [0, 0.1) is 23.7 Å². The number of aromatic nitrogens is 2. The number of carboxylic acid groups (broad SMARTS) is 1. The maximum Gasteiger partial charge on any atom is 0.307 e. The van der Waals surface area contributed by atoms with Gasteiger partial charge in [-0.25, -0.2) is 18.2 Å². The standard InChI is InChI=1S/C12H14N4O5S2/c1-16-11(22-12(15-16)23(13,20)21)14-9(17)7-5-2-3-6(4-5)8(7)10(18)19/h2-3,5-8H,4H2,1H3,(H,18,19)(H2,13,20,21)/t5?,6?,7-,8+/m1/s1. The number of aliphatic carboxylic acids is 1. The van der Waals surface area contributed by atoms with Gasteiger partial charge in [0.25, 0.3) is 15.9 Å². The molecule has 124 valence electrons. The Morgan fingerprint density at radius 3 is 2.52 bits per heavy atom. The van der Waals surface area contributed by atoms with Gasteiger partial charge in [-0.3, -0.25) is 9.59 Å². The molecule has 0 aliphatic heterocycles. The molecule has 2 aliphatic carbocycles. The van der Waals surface area contributed by atoms with Crippen LogP contribution in [0.1, 0.15) is 6.42 Å². The SMILES string of the molecule is Cn1nc(S(N)(=O)=O)sc1=NC(=O)[C@@H]1C2C=CC(C2)[C@@H]1C(=O)O. The highest BCUT2D eigenvalue weighted by atomic mass is 32.2. The lowest BCUT2D eigenvalue weighted by atomic mass is 9.82. The van der Waals surface area contributed by atoms with Crippen molar-refractivity contribution in [2.75, 3.05) is 0 Å². The van der Waals surface area contributed by atoms with E-state index in [0.29, 0.717) is 17.8 Å². The molecule has 1 aromatic heterocycles. The van der Waals surface area contributed by atoms with Crippen molar-refractivity contribution in [3.8, 4) is 0 Å². The number of carbonyl (C=O) groups excluding carboxylic acids is 1. The van der Waals surface area contributed by atoms with Crippen molar-refractivity contribution in [2.24, 2.45) is 40.9 Å². The molecule has 0 spiro atoms. The van der Waals surface area contributed by atoms with Crippen molar-refractivity contribution in [3.63, 3.8) is 0 Å². The molecule has 23 heavy (non-hydrogen) atoms. The van der Waals surface area contributed by atoms with E-state index in [1.54, 1.807) is 0 Å². The van der Waals surface area contributed by atoms with E-state index in [1.165, 1.54) is 7.05 Å². The van der Waals surface area contributed by atoms with Crippen molar-refractivity contribution in [2.45, 2.75) is 10.8 Å². The van der Waals surface area contributed by atoms with E-state index in [-0.39, 0.29) is 21.0 Å². The molecule has 1 amide bonds. The van der Waals surface area contributed by atoms with E-state index in [2.05, 4.69) is 10.1 Å². The number of primary sulfonamides is 1. The largest absolute Gasteiger partial charge is 0.481 e. The van der Waals surface area contributed by atoms with Crippen molar-refractivity contribution >= 4 is 33.2 Å². The third-order valence-electron chi connectivity index (χ3n) is 4.17. The van der Waals surface area contributed by atoms with E-state index in [0.717, 1.165) is 4.68 Å². The Labute approximate surface area is 135 Å². The van der Waals surface area contributed by atoms with Crippen molar-refractivity contribution in [1.29, 1.82) is 0 Å². The number of amides is 1. The molecule has 1 aromatic rings. The summed E-state index contributed by atoms with van der Waals surface area (Å²) in [7, 11) is -2.54. The number of hydrogen-bond donors (Lipinski definition) is 2. The third kappa shape index (κ3) is 2.75. The minimum Gasteiger partial charge on any atom is -0.481 e. The molecule has 2 unspecified atom stereocenters. The van der Waals surface area contributed by atoms with Crippen LogP contribution in [0.5, 0.6) is 0 Å². The second kappa shape index (κ2) is 5.35. The summed E-state index contributed by atoms with van der Waals surface area (Å²) in [5.41, 5.74) is 0. The van der Waals surface area contributed by atoms with Crippen molar-refractivity contribution in [1.82, 2.24) is 9.78 Å². The van der Waals surface area contributed by atoms with Gasteiger partial charge in [0.1, 0.15) is 0 Å². The number of rotatable bonds is 3. The van der Waals surface area contributed by atoms with Crippen LogP contribution in [0.15, 0.2) is 21.5 Å². The molecule has 0 radical (unpaired) electrons. The average Bonchev–Trinajstić information content (AvgIpc) is 3.12. The molecule has 1 fully saturated rings. The normalized spacial score (nSPS) is 30.1. The van der Waals surface area contributed by atoms with Gasteiger partial charge in [-0.2, -0.15) is 4.99 Å². The number of carbonyl (C=O) groups is 2. The van der Waals surface area contributed by atoms with Gasteiger partial charge in [0.2, 0.25) is 9.14 Å². The van der Waals surface area contributed by atoms with Crippen LogP contribution in [0.2, 0.25) is 0 Å². The predicted octanol–water partition coefficient (Wildman–Crippen LogP) is -0.921. The first kappa shape index (κ1) is 16.0. The fourth-order valence-corrected chi connectivity index (χ4v) is 4.76. The molecule has 1 heterocycles. The second-order valence-corrected chi connectivity index (χ2v) is 8.30. The monoisotopic (exact) mass is 358 g/mol. The molecule has 3 rings (SSSR count). The van der Waals surface area contributed by atoms with E-state index >= 15 is 0 Å². The number of aryl methyl sites for hydroxylation is 1. The Balaban J connectivity index is 1.97. The highest BCUT2D eigenvalue weighted by Gasteiger charge is 2.51. The summed E-state index contributed by atoms with van der Waals surface area (Å²) in [6, 6.07) is 0. The second-order valence-electron chi connectivity index (χ2n) is 5.61. The lowest BCUT2D eigenvalue weighted by Gasteiger charge is -2.21. The molecular formula is C12H14N4O5S2. The molecule has 0 saturated heterocycles. The third-order valence-corrected chi connectivity index (χ3v) is 6.48. The summed E-state index contributed by atoms with van der Waals surface area (Å²) < 4.78 is 23.4. The first-order valence-corrected chi connectivity index (χ1v) is 9.11. The molecule has 2 bridgehead atoms. The number of sulfonamides is 1. The van der Waals surface area contributed by atoms with E-state index in [9.17, 15) is 23.1 Å². The van der Waals surface area contributed by atoms with Crippen LogP contribution in [0.3, 0.4) is 0 Å². The molecule has 2 aliphatic rings. The maximum atomic E-state index is 12.5. The average molecular weight is 358 g/mol. The van der Waals surface area contributed by atoms with Crippen molar-refractivity contribution in [3.05, 3.63) is 17.0 Å². The fraction of sp³-hybridized carbons (Fsp3) is 0.500. The first-order valence-electron chi connectivity index (χ1n) is 6.75. The van der Waals surface area contributed by atoms with Crippen LogP contribution in [0.4, 0.5) is 0 Å². The number of nitrogens with zero attached hydrogens (tertiary/aromatic N) is 3. The Bertz CT molecular complexity index is 882. The van der Waals surface area contributed by atoms with Crippen LogP contribution in [-0.4, -0.2) is 35.2 Å². The summed E-state index contributed by atoms with van der Waals surface area (Å²) in [5, 5.41) is 18.1. The van der Waals surface area contributed by atoms with Gasteiger partial charge in [0, 0.05) is 7.05 Å². The molecule has 0 aromatic carbocycles. The predicted molar refractivity (Wildman–Crippen MR) is 78.4 cm³/mol. The van der Waals surface area contributed by atoms with Crippen LogP contribution >= 0.6 is 11.3 Å². The summed E-state index contributed by atoms with van der Waals surface area (Å²) in [6.45, 7) is 0. The summed E-state index contributed by atoms with van der Waals surface area (Å²) >= 11 is 0.669. The van der Waals surface area contributed by atoms with Gasteiger partial charge >= 0.3 is 5.97 Å². The molecule has 3 N–H and O–H groups in total. The van der Waals surface area contributed by atoms with E-state index < -0.39 is 33.7 Å². The molecule has 1 saturated carbocycles. The van der Waals surface area contributed by atoms with Crippen LogP contribution < -0.4 is 9.94 Å². The van der Waals surface area contributed by atoms with Gasteiger partial charge < -0.3 is 5.11 Å². The van der Waals surface area contributed by atoms with Gasteiger partial charge in [-0.15, -0.1) is 5.10 Å². The maximum absolute atomic E-state index is 12.5. The van der Waals surface area contributed by atoms with Crippen LogP contribution in [0.25, 0.3) is 0 Å². The highest BCUT2D eigenvalue weighted by Crippen LogP contribution is 2.48. The number of fused-ring (bicyclic) bond motifs is 2. The Kier molecular flexibility index (Phi) is 3.73. The van der Waals surface area contributed by atoms with Gasteiger partial charge in [-0.05, 0) is 18.3 Å². The Hall–Kier alpha value is -1.85. The number of allylic oxidation sites excluding steroid dienone is 2. The molecule has 11 heteroatoms. The number of hydrogen-bond acceptors (Lipinski definition) is 6. The van der Waals surface area contributed by atoms with Gasteiger partial charge in [0.15, 0.2) is 0 Å². The topological polar surface area (TPSA) is 145 Å². The van der Waals surface area contributed by atoms with E-state index in [1.807, 2.05) is 12.2 Å². The minimum atomic E-state index is -3.98. The zero-order chi connectivity index (χ0) is 16.9. The molecule has 4 atom stereocenters. The fourth-order valence-electron chi connectivity index (χ4n) is 3.20. The van der Waals surface area contributed by atoms with Gasteiger partial charge in [-0.1, -0.05) is 23.5 Å². The lowest BCUT2D eigenvalue weighted by molar-refractivity contribution is -0.147. The smallest absolute Gasteiger partial charge is 0.307 e. The zero-order valence-corrected chi connectivity index (χ0v) is 13.6. The summed E-state index contributed by atoms with van der Waals surface area (Å²) in [5.74, 6) is -3.42. The molecule has 9 nitrogen and oxygen atoms in total. The zero-order valence-electron chi connectivity index (χ0n) is 12.0. The Morgan fingerprint density at radius 1 is 1.39 bits per heavy atom. The minimum absolute atomic E-state index is 0.0647.